The van der Waals surface area contributed by atoms with E-state index in [0.29, 0.717) is 0 Å². The number of anilines is 1. The van der Waals surface area contributed by atoms with E-state index in [-0.39, 0.29) is 6.10 Å². The fourth-order valence-electron chi connectivity index (χ4n) is 2.00. The van der Waals surface area contributed by atoms with E-state index in [0.717, 1.165) is 23.0 Å². The molecule has 1 aromatic heterocycles. The van der Waals surface area contributed by atoms with Crippen molar-refractivity contribution in [2.45, 2.75) is 13.0 Å². The summed E-state index contributed by atoms with van der Waals surface area (Å²) in [6.45, 7) is 2.90. The largest absolute Gasteiger partial charge is 0.481 e. The number of rotatable bonds is 1. The zero-order valence-corrected chi connectivity index (χ0v) is 10.9. The smallest absolute Gasteiger partial charge is 0.150 e. The zero-order valence-electron chi connectivity index (χ0n) is 9.37. The van der Waals surface area contributed by atoms with Crippen LogP contribution in [0.1, 0.15) is 16.5 Å². The van der Waals surface area contributed by atoms with E-state index < -0.39 is 0 Å². The molecule has 88 valence electrons. The van der Waals surface area contributed by atoms with Crippen LogP contribution in [0.5, 0.6) is 5.75 Å². The second kappa shape index (κ2) is 4.24. The number of aryl methyl sites for hydroxylation is 1. The molecule has 1 aliphatic heterocycles. The maximum absolute atomic E-state index is 6.00. The Balaban J connectivity index is 1.91. The van der Waals surface area contributed by atoms with E-state index in [1.807, 2.05) is 18.2 Å². The summed E-state index contributed by atoms with van der Waals surface area (Å²) in [7, 11) is 0. The fourth-order valence-corrected chi connectivity index (χ4v) is 3.13. The summed E-state index contributed by atoms with van der Waals surface area (Å²) in [5, 5.41) is 6.20. The average molecular weight is 266 g/mol. The standard InChI is InChI=1S/C13H12ClNOS/c1-8-4-5-17-13(8)12-7-15-10-6-9(14)2-3-11(10)16-12/h2-6,12,15H,7H2,1H3. The van der Waals surface area contributed by atoms with Gasteiger partial charge in [-0.15, -0.1) is 11.3 Å². The molecule has 1 N–H and O–H groups in total. The summed E-state index contributed by atoms with van der Waals surface area (Å²) in [6, 6.07) is 7.79. The van der Waals surface area contributed by atoms with Crippen LogP contribution in [0.3, 0.4) is 0 Å². The highest BCUT2D eigenvalue weighted by molar-refractivity contribution is 7.10. The Labute approximate surface area is 109 Å². The summed E-state index contributed by atoms with van der Waals surface area (Å²) in [5.74, 6) is 0.874. The Bertz CT molecular complexity index is 552. The molecule has 4 heteroatoms. The van der Waals surface area contributed by atoms with Crippen LogP contribution in [0.25, 0.3) is 0 Å². The maximum atomic E-state index is 6.00. The van der Waals surface area contributed by atoms with Gasteiger partial charge in [0.1, 0.15) is 5.75 Å². The van der Waals surface area contributed by atoms with Gasteiger partial charge in [0, 0.05) is 9.90 Å². The van der Waals surface area contributed by atoms with Crippen molar-refractivity contribution in [3.63, 3.8) is 0 Å². The molecule has 0 saturated heterocycles. The molecule has 1 atom stereocenters. The lowest BCUT2D eigenvalue weighted by Crippen LogP contribution is -2.23. The lowest BCUT2D eigenvalue weighted by Gasteiger charge is -2.27. The molecular formula is C13H12ClNOS. The molecule has 1 unspecified atom stereocenters. The quantitative estimate of drug-likeness (QED) is 0.832. The Kier molecular flexibility index (Phi) is 2.73. The third-order valence-corrected chi connectivity index (χ3v) is 4.23. The van der Waals surface area contributed by atoms with Crippen LogP contribution >= 0.6 is 22.9 Å². The van der Waals surface area contributed by atoms with E-state index in [9.17, 15) is 0 Å². The minimum absolute atomic E-state index is 0.101. The van der Waals surface area contributed by atoms with Gasteiger partial charge in [0.25, 0.3) is 0 Å². The highest BCUT2D eigenvalue weighted by atomic mass is 35.5. The van der Waals surface area contributed by atoms with E-state index in [1.165, 1.54) is 10.4 Å². The molecule has 1 aliphatic rings. The van der Waals surface area contributed by atoms with Gasteiger partial charge in [-0.05, 0) is 42.1 Å². The maximum Gasteiger partial charge on any atom is 0.150 e. The predicted octanol–water partition coefficient (Wildman–Crippen LogP) is 4.26. The van der Waals surface area contributed by atoms with Gasteiger partial charge in [-0.1, -0.05) is 11.6 Å². The number of ether oxygens (including phenoxy) is 1. The summed E-state index contributed by atoms with van der Waals surface area (Å²) in [5.41, 5.74) is 2.27. The van der Waals surface area contributed by atoms with Crippen LogP contribution in [0.2, 0.25) is 5.02 Å². The molecular weight excluding hydrogens is 254 g/mol. The Hall–Kier alpha value is -1.19. The van der Waals surface area contributed by atoms with Gasteiger partial charge in [0.15, 0.2) is 6.10 Å². The summed E-state index contributed by atoms with van der Waals surface area (Å²) >= 11 is 7.69. The third-order valence-electron chi connectivity index (χ3n) is 2.88. The normalized spacial score (nSPS) is 18.1. The Morgan fingerprint density at radius 3 is 3.06 bits per heavy atom. The summed E-state index contributed by atoms with van der Waals surface area (Å²) < 4.78 is 6.00. The van der Waals surface area contributed by atoms with Gasteiger partial charge in [-0.25, -0.2) is 0 Å². The second-order valence-electron chi connectivity index (χ2n) is 4.10. The molecule has 17 heavy (non-hydrogen) atoms. The molecule has 0 radical (unpaired) electrons. The van der Waals surface area contributed by atoms with Crippen molar-refractivity contribution in [3.8, 4) is 5.75 Å². The molecule has 0 aliphatic carbocycles. The van der Waals surface area contributed by atoms with Crippen molar-refractivity contribution in [1.82, 2.24) is 0 Å². The second-order valence-corrected chi connectivity index (χ2v) is 5.48. The van der Waals surface area contributed by atoms with Crippen molar-refractivity contribution in [3.05, 3.63) is 45.1 Å². The molecule has 3 rings (SSSR count). The number of halogens is 1. The first kappa shape index (κ1) is 10.9. The Morgan fingerprint density at radius 1 is 1.41 bits per heavy atom. The van der Waals surface area contributed by atoms with Gasteiger partial charge in [-0.2, -0.15) is 0 Å². The molecule has 1 aromatic carbocycles. The number of nitrogens with one attached hydrogen (secondary N) is 1. The molecule has 0 bridgehead atoms. The highest BCUT2D eigenvalue weighted by Crippen LogP contribution is 2.37. The third kappa shape index (κ3) is 2.01. The average Bonchev–Trinajstić information content (AvgIpc) is 2.75. The molecule has 2 nitrogen and oxygen atoms in total. The minimum Gasteiger partial charge on any atom is -0.481 e. The molecule has 0 fully saturated rings. The van der Waals surface area contributed by atoms with Gasteiger partial charge < -0.3 is 10.1 Å². The topological polar surface area (TPSA) is 21.3 Å². The highest BCUT2D eigenvalue weighted by Gasteiger charge is 2.23. The molecule has 0 spiro atoms. The van der Waals surface area contributed by atoms with E-state index >= 15 is 0 Å². The van der Waals surface area contributed by atoms with Crippen molar-refractivity contribution in [1.29, 1.82) is 0 Å². The first-order valence-electron chi connectivity index (χ1n) is 5.48. The van der Waals surface area contributed by atoms with Crippen molar-refractivity contribution < 1.29 is 4.74 Å². The van der Waals surface area contributed by atoms with Crippen LogP contribution in [0.15, 0.2) is 29.6 Å². The van der Waals surface area contributed by atoms with Gasteiger partial charge in [0.05, 0.1) is 12.2 Å². The van der Waals surface area contributed by atoms with Crippen LogP contribution in [-0.4, -0.2) is 6.54 Å². The number of thiophene rings is 1. The SMILES string of the molecule is Cc1ccsc1C1CNc2cc(Cl)ccc2O1. The lowest BCUT2D eigenvalue weighted by molar-refractivity contribution is 0.213. The number of hydrogen-bond donors (Lipinski definition) is 1. The van der Waals surface area contributed by atoms with Crippen LogP contribution in [0.4, 0.5) is 5.69 Å². The minimum atomic E-state index is 0.101. The zero-order chi connectivity index (χ0) is 11.8. The van der Waals surface area contributed by atoms with Gasteiger partial charge in [0.2, 0.25) is 0 Å². The van der Waals surface area contributed by atoms with E-state index in [2.05, 4.69) is 23.7 Å². The van der Waals surface area contributed by atoms with Gasteiger partial charge in [-0.3, -0.25) is 0 Å². The first-order chi connectivity index (χ1) is 8.24. The lowest BCUT2D eigenvalue weighted by atomic mass is 10.1. The van der Waals surface area contributed by atoms with E-state index in [1.54, 1.807) is 11.3 Å². The van der Waals surface area contributed by atoms with Crippen LogP contribution in [-0.2, 0) is 0 Å². The molecule has 0 amide bonds. The van der Waals surface area contributed by atoms with Gasteiger partial charge >= 0.3 is 0 Å². The predicted molar refractivity (Wildman–Crippen MR) is 72.4 cm³/mol. The molecule has 0 saturated carbocycles. The fraction of sp³-hybridized carbons (Fsp3) is 0.231. The number of fused-ring (bicyclic) bond motifs is 1. The van der Waals surface area contributed by atoms with E-state index in [4.69, 9.17) is 16.3 Å². The Morgan fingerprint density at radius 2 is 2.29 bits per heavy atom. The number of benzene rings is 1. The van der Waals surface area contributed by atoms with Crippen molar-refractivity contribution >= 4 is 28.6 Å². The first-order valence-corrected chi connectivity index (χ1v) is 6.74. The van der Waals surface area contributed by atoms with Crippen LogP contribution in [0, 0.1) is 6.92 Å². The monoisotopic (exact) mass is 265 g/mol. The van der Waals surface area contributed by atoms with Crippen molar-refractivity contribution in [2.24, 2.45) is 0 Å². The van der Waals surface area contributed by atoms with Crippen molar-refractivity contribution in [2.75, 3.05) is 11.9 Å². The molecule has 2 heterocycles. The summed E-state index contributed by atoms with van der Waals surface area (Å²) in [4.78, 5) is 1.29. The summed E-state index contributed by atoms with van der Waals surface area (Å²) in [6.07, 6.45) is 0.101. The molecule has 2 aromatic rings. The van der Waals surface area contributed by atoms with Crippen LogP contribution < -0.4 is 10.1 Å². The number of hydrogen-bond acceptors (Lipinski definition) is 3.